The number of hydrogen-bond donors (Lipinski definition) is 1. The minimum absolute atomic E-state index is 0.451. The molecule has 2 aromatic carbocycles. The number of carbonyl (C=O) groups is 1. The Labute approximate surface area is 121 Å². The molecule has 2 aromatic rings. The van der Waals surface area contributed by atoms with Gasteiger partial charge in [-0.15, -0.1) is 0 Å². The molecule has 0 unspecified atom stereocenters. The van der Waals surface area contributed by atoms with Crippen LogP contribution in [-0.4, -0.2) is 13.0 Å². The van der Waals surface area contributed by atoms with E-state index in [1.165, 1.54) is 13.2 Å². The highest BCUT2D eigenvalue weighted by Gasteiger charge is 2.20. The van der Waals surface area contributed by atoms with Crippen molar-refractivity contribution >= 4 is 5.91 Å². The van der Waals surface area contributed by atoms with Gasteiger partial charge in [0.05, 0.1) is 13.2 Å². The topological polar surface area (TPSA) is 38.3 Å². The van der Waals surface area contributed by atoms with E-state index in [0.29, 0.717) is 5.75 Å². The predicted molar refractivity (Wildman–Crippen MR) is 75.2 cm³/mol. The summed E-state index contributed by atoms with van der Waals surface area (Å²) in [5, 5.41) is 2.57. The maximum Gasteiger partial charge on any atom is 0.257 e. The summed E-state index contributed by atoms with van der Waals surface area (Å²) in [5.41, 5.74) is 0.143. The molecule has 0 aliphatic rings. The zero-order valence-corrected chi connectivity index (χ0v) is 11.7. The molecule has 0 saturated heterocycles. The molecule has 1 amide bonds. The SMILES string of the molecule is COc1ccccc1[C@@H](C)NC(=O)c1c(F)cccc1F. The molecule has 0 saturated carbocycles. The molecule has 3 nitrogen and oxygen atoms in total. The molecule has 110 valence electrons. The summed E-state index contributed by atoms with van der Waals surface area (Å²) in [6.45, 7) is 1.72. The second kappa shape index (κ2) is 6.35. The number of benzene rings is 2. The Morgan fingerprint density at radius 3 is 2.33 bits per heavy atom. The Bertz CT molecular complexity index is 638. The van der Waals surface area contributed by atoms with E-state index in [4.69, 9.17) is 4.74 Å². The summed E-state index contributed by atoms with van der Waals surface area (Å²) >= 11 is 0. The van der Waals surface area contributed by atoms with Crippen LogP contribution >= 0.6 is 0 Å². The summed E-state index contributed by atoms with van der Waals surface area (Å²) < 4.78 is 32.3. The van der Waals surface area contributed by atoms with Crippen LogP contribution in [0.3, 0.4) is 0 Å². The summed E-state index contributed by atoms with van der Waals surface area (Å²) in [4.78, 5) is 12.0. The van der Waals surface area contributed by atoms with Gasteiger partial charge in [0.15, 0.2) is 0 Å². The number of para-hydroxylation sites is 1. The number of ether oxygens (including phenoxy) is 1. The number of amides is 1. The van der Waals surface area contributed by atoms with Gasteiger partial charge in [0, 0.05) is 5.56 Å². The van der Waals surface area contributed by atoms with Gasteiger partial charge in [-0.1, -0.05) is 24.3 Å². The third kappa shape index (κ3) is 3.18. The first kappa shape index (κ1) is 15.0. The lowest BCUT2D eigenvalue weighted by Gasteiger charge is -2.17. The molecule has 1 N–H and O–H groups in total. The molecule has 0 spiro atoms. The van der Waals surface area contributed by atoms with Crippen molar-refractivity contribution in [3.63, 3.8) is 0 Å². The molecule has 1 atom stereocenters. The van der Waals surface area contributed by atoms with Crippen molar-refractivity contribution in [1.82, 2.24) is 5.32 Å². The maximum atomic E-state index is 13.6. The number of rotatable bonds is 4. The van der Waals surface area contributed by atoms with Gasteiger partial charge in [0.25, 0.3) is 5.91 Å². The normalized spacial score (nSPS) is 11.8. The Morgan fingerprint density at radius 2 is 1.71 bits per heavy atom. The third-order valence-corrected chi connectivity index (χ3v) is 3.14. The van der Waals surface area contributed by atoms with Gasteiger partial charge < -0.3 is 10.1 Å². The van der Waals surface area contributed by atoms with Gasteiger partial charge in [0.1, 0.15) is 22.9 Å². The Kier molecular flexibility index (Phi) is 4.52. The molecule has 2 rings (SSSR count). The van der Waals surface area contributed by atoms with Gasteiger partial charge in [-0.3, -0.25) is 4.79 Å². The minimum Gasteiger partial charge on any atom is -0.496 e. The highest BCUT2D eigenvalue weighted by molar-refractivity contribution is 5.95. The van der Waals surface area contributed by atoms with Crippen LogP contribution in [0.1, 0.15) is 28.9 Å². The lowest BCUT2D eigenvalue weighted by Crippen LogP contribution is -2.28. The average Bonchev–Trinajstić information content (AvgIpc) is 2.46. The zero-order chi connectivity index (χ0) is 15.4. The van der Waals surface area contributed by atoms with Gasteiger partial charge in [-0.2, -0.15) is 0 Å². The lowest BCUT2D eigenvalue weighted by atomic mass is 10.1. The van der Waals surface area contributed by atoms with E-state index < -0.39 is 29.1 Å². The monoisotopic (exact) mass is 291 g/mol. The average molecular weight is 291 g/mol. The van der Waals surface area contributed by atoms with E-state index in [0.717, 1.165) is 17.7 Å². The fraction of sp³-hybridized carbons (Fsp3) is 0.188. The van der Waals surface area contributed by atoms with Gasteiger partial charge in [-0.25, -0.2) is 8.78 Å². The largest absolute Gasteiger partial charge is 0.496 e. The van der Waals surface area contributed by atoms with Gasteiger partial charge in [0.2, 0.25) is 0 Å². The molecule has 0 bridgehead atoms. The van der Waals surface area contributed by atoms with E-state index in [9.17, 15) is 13.6 Å². The maximum absolute atomic E-state index is 13.6. The van der Waals surface area contributed by atoms with Crippen LogP contribution in [0.25, 0.3) is 0 Å². The quantitative estimate of drug-likeness (QED) is 0.936. The first-order chi connectivity index (χ1) is 10.0. The van der Waals surface area contributed by atoms with E-state index in [2.05, 4.69) is 5.32 Å². The molecular weight excluding hydrogens is 276 g/mol. The minimum atomic E-state index is -0.889. The van der Waals surface area contributed by atoms with Crippen LogP contribution in [0, 0.1) is 11.6 Å². The molecule has 0 aliphatic heterocycles. The van der Waals surface area contributed by atoms with Crippen LogP contribution in [0.2, 0.25) is 0 Å². The first-order valence-corrected chi connectivity index (χ1v) is 6.42. The molecule has 5 heteroatoms. The van der Waals surface area contributed by atoms with Gasteiger partial charge >= 0.3 is 0 Å². The summed E-state index contributed by atoms with van der Waals surface area (Å²) in [7, 11) is 1.52. The molecule has 0 heterocycles. The molecule has 0 fully saturated rings. The first-order valence-electron chi connectivity index (χ1n) is 6.42. The zero-order valence-electron chi connectivity index (χ0n) is 11.7. The second-order valence-electron chi connectivity index (χ2n) is 4.53. The number of carbonyl (C=O) groups excluding carboxylic acids is 1. The van der Waals surface area contributed by atoms with Crippen LogP contribution in [-0.2, 0) is 0 Å². The summed E-state index contributed by atoms with van der Waals surface area (Å²) in [6.07, 6.45) is 0. The van der Waals surface area contributed by atoms with Crippen molar-refractivity contribution in [1.29, 1.82) is 0 Å². The smallest absolute Gasteiger partial charge is 0.257 e. The third-order valence-electron chi connectivity index (χ3n) is 3.14. The van der Waals surface area contributed by atoms with E-state index in [-0.39, 0.29) is 0 Å². The van der Waals surface area contributed by atoms with E-state index in [1.54, 1.807) is 31.2 Å². The summed E-state index contributed by atoms with van der Waals surface area (Å²) in [5.74, 6) is -1.98. The van der Waals surface area contributed by atoms with Gasteiger partial charge in [-0.05, 0) is 25.1 Å². The number of halogens is 2. The van der Waals surface area contributed by atoms with Crippen LogP contribution in [0.15, 0.2) is 42.5 Å². The predicted octanol–water partition coefficient (Wildman–Crippen LogP) is 3.46. The summed E-state index contributed by atoms with van der Waals surface area (Å²) in [6, 6.07) is 9.98. The Balaban J connectivity index is 2.23. The number of hydrogen-bond acceptors (Lipinski definition) is 2. The molecule has 0 radical (unpaired) electrons. The second-order valence-corrected chi connectivity index (χ2v) is 4.53. The van der Waals surface area contributed by atoms with Crippen molar-refractivity contribution in [3.8, 4) is 5.75 Å². The molecule has 0 aromatic heterocycles. The lowest BCUT2D eigenvalue weighted by molar-refractivity contribution is 0.0931. The van der Waals surface area contributed by atoms with Crippen molar-refractivity contribution in [2.75, 3.05) is 7.11 Å². The fourth-order valence-corrected chi connectivity index (χ4v) is 2.09. The fourth-order valence-electron chi connectivity index (χ4n) is 2.09. The van der Waals surface area contributed by atoms with Crippen molar-refractivity contribution < 1.29 is 18.3 Å². The Hall–Kier alpha value is -2.43. The highest BCUT2D eigenvalue weighted by Crippen LogP contribution is 2.25. The highest BCUT2D eigenvalue weighted by atomic mass is 19.1. The van der Waals surface area contributed by atoms with Crippen LogP contribution in [0.4, 0.5) is 8.78 Å². The van der Waals surface area contributed by atoms with Crippen LogP contribution in [0.5, 0.6) is 5.75 Å². The van der Waals surface area contributed by atoms with E-state index >= 15 is 0 Å². The Morgan fingerprint density at radius 1 is 1.10 bits per heavy atom. The number of methoxy groups -OCH3 is 1. The van der Waals surface area contributed by atoms with Crippen molar-refractivity contribution in [3.05, 3.63) is 65.2 Å². The molecule has 21 heavy (non-hydrogen) atoms. The van der Waals surface area contributed by atoms with E-state index in [1.807, 2.05) is 0 Å². The number of nitrogens with one attached hydrogen (secondary N) is 1. The van der Waals surface area contributed by atoms with Crippen LogP contribution < -0.4 is 10.1 Å². The molecular formula is C16H15F2NO2. The van der Waals surface area contributed by atoms with Crippen molar-refractivity contribution in [2.24, 2.45) is 0 Å². The molecule has 0 aliphatic carbocycles. The van der Waals surface area contributed by atoms with Crippen molar-refractivity contribution in [2.45, 2.75) is 13.0 Å². The standard InChI is InChI=1S/C16H15F2NO2/c1-10(11-6-3-4-9-14(11)21-2)19-16(20)15-12(17)7-5-8-13(15)18/h3-10H,1-2H3,(H,19,20)/t10-/m1/s1.